The van der Waals surface area contributed by atoms with Crippen molar-refractivity contribution in [2.24, 2.45) is 11.8 Å². The van der Waals surface area contributed by atoms with Crippen molar-refractivity contribution in [2.75, 3.05) is 20.1 Å². The van der Waals surface area contributed by atoms with Crippen LogP contribution in [0.3, 0.4) is 0 Å². The van der Waals surface area contributed by atoms with E-state index in [-0.39, 0.29) is 7.43 Å². The van der Waals surface area contributed by atoms with E-state index < -0.39 is 0 Å². The Morgan fingerprint density at radius 3 is 2.14 bits per heavy atom. The zero-order chi connectivity index (χ0) is 9.68. The van der Waals surface area contributed by atoms with Crippen LogP contribution < -0.4 is 0 Å². The molecule has 1 nitrogen and oxygen atoms in total. The molecule has 2 unspecified atom stereocenters. The van der Waals surface area contributed by atoms with Gasteiger partial charge >= 0.3 is 0 Å². The van der Waals surface area contributed by atoms with Crippen LogP contribution in [0.1, 0.15) is 53.4 Å². The Hall–Kier alpha value is -0.0400. The van der Waals surface area contributed by atoms with Gasteiger partial charge in [-0.25, -0.2) is 0 Å². The summed E-state index contributed by atoms with van der Waals surface area (Å²) in [5.74, 6) is 2.16. The highest BCUT2D eigenvalue weighted by Gasteiger charge is 2.29. The lowest BCUT2D eigenvalue weighted by Crippen LogP contribution is -2.39. The van der Waals surface area contributed by atoms with E-state index in [0.29, 0.717) is 0 Å². The lowest BCUT2D eigenvalue weighted by molar-refractivity contribution is 0.105. The fraction of sp³-hybridized carbons (Fsp3) is 1.00. The van der Waals surface area contributed by atoms with E-state index in [4.69, 9.17) is 0 Å². The van der Waals surface area contributed by atoms with Gasteiger partial charge in [-0.1, -0.05) is 40.5 Å². The van der Waals surface area contributed by atoms with Crippen molar-refractivity contribution in [1.82, 2.24) is 4.90 Å². The molecule has 1 saturated heterocycles. The number of piperidine rings is 1. The number of rotatable bonds is 0. The number of nitrogens with zero attached hydrogens (tertiary/aromatic N) is 1. The summed E-state index contributed by atoms with van der Waals surface area (Å²) in [6.45, 7) is 6.73. The molecule has 86 valence electrons. The average Bonchev–Trinajstić information content (AvgIpc) is 2.21. The molecule has 1 aliphatic heterocycles. The summed E-state index contributed by atoms with van der Waals surface area (Å²) < 4.78 is 0. The topological polar surface area (TPSA) is 3.24 Å². The van der Waals surface area contributed by atoms with Crippen LogP contribution in [0, 0.1) is 11.8 Å². The monoisotopic (exact) mass is 199 g/mol. The minimum atomic E-state index is 0. The molecule has 0 radical (unpaired) electrons. The molecule has 1 heteroatoms. The molecule has 0 bridgehead atoms. The molecular formula is C13H29N. The first kappa shape index (κ1) is 14.0. The van der Waals surface area contributed by atoms with E-state index in [2.05, 4.69) is 11.9 Å². The molecule has 0 aromatic rings. The third-order valence-corrected chi connectivity index (χ3v) is 3.49. The van der Waals surface area contributed by atoms with Crippen LogP contribution in [-0.2, 0) is 0 Å². The van der Waals surface area contributed by atoms with E-state index in [1.807, 2.05) is 13.8 Å². The van der Waals surface area contributed by atoms with E-state index in [9.17, 15) is 0 Å². The molecule has 2 atom stereocenters. The third-order valence-electron chi connectivity index (χ3n) is 3.49. The first-order valence-electron chi connectivity index (χ1n) is 6.05. The maximum Gasteiger partial charge on any atom is 0.000926 e. The van der Waals surface area contributed by atoms with E-state index >= 15 is 0 Å². The first-order valence-corrected chi connectivity index (χ1v) is 6.05. The van der Waals surface area contributed by atoms with Gasteiger partial charge in [-0.15, -0.1) is 0 Å². The van der Waals surface area contributed by atoms with E-state index in [0.717, 1.165) is 11.8 Å². The van der Waals surface area contributed by atoms with Crippen LogP contribution in [-0.4, -0.2) is 25.0 Å². The van der Waals surface area contributed by atoms with Gasteiger partial charge in [0.1, 0.15) is 0 Å². The van der Waals surface area contributed by atoms with Crippen LogP contribution in [0.2, 0.25) is 0 Å². The molecule has 1 heterocycles. The zero-order valence-electron chi connectivity index (χ0n) is 9.55. The van der Waals surface area contributed by atoms with Crippen LogP contribution >= 0.6 is 0 Å². The van der Waals surface area contributed by atoms with Crippen molar-refractivity contribution in [2.45, 2.75) is 53.4 Å². The molecule has 2 aliphatic rings. The van der Waals surface area contributed by atoms with E-state index in [1.165, 1.54) is 45.2 Å². The van der Waals surface area contributed by atoms with Gasteiger partial charge in [0.05, 0.1) is 0 Å². The minimum Gasteiger partial charge on any atom is -0.306 e. The standard InChI is InChI=1S/C10H19N.C2H6.CH4/c1-11-7-6-9-4-2-3-5-10(9)8-11;1-2;/h9-10H,2-8H2,1H3;1-2H3;1H4. The van der Waals surface area contributed by atoms with Gasteiger partial charge in [0.2, 0.25) is 0 Å². The Kier molecular flexibility index (Phi) is 7.26. The van der Waals surface area contributed by atoms with Gasteiger partial charge in [0.15, 0.2) is 0 Å². The number of likely N-dealkylation sites (tertiary alicyclic amines) is 1. The quantitative estimate of drug-likeness (QED) is 0.574. The summed E-state index contributed by atoms with van der Waals surface area (Å²) in [5, 5.41) is 0. The highest BCUT2D eigenvalue weighted by Crippen LogP contribution is 2.35. The Bertz CT molecular complexity index is 133. The van der Waals surface area contributed by atoms with Crippen molar-refractivity contribution in [3.8, 4) is 0 Å². The second-order valence-corrected chi connectivity index (χ2v) is 4.36. The van der Waals surface area contributed by atoms with Crippen LogP contribution in [0.5, 0.6) is 0 Å². The Morgan fingerprint density at radius 2 is 1.50 bits per heavy atom. The molecule has 0 amide bonds. The Balaban J connectivity index is 0.000000531. The van der Waals surface area contributed by atoms with Crippen molar-refractivity contribution >= 4 is 0 Å². The maximum absolute atomic E-state index is 2.51. The summed E-state index contributed by atoms with van der Waals surface area (Å²) in [5.41, 5.74) is 0. The first-order chi connectivity index (χ1) is 6.36. The van der Waals surface area contributed by atoms with Crippen LogP contribution in [0.15, 0.2) is 0 Å². The van der Waals surface area contributed by atoms with Crippen LogP contribution in [0.25, 0.3) is 0 Å². The lowest BCUT2D eigenvalue weighted by atomic mass is 9.75. The number of hydrogen-bond acceptors (Lipinski definition) is 1. The lowest BCUT2D eigenvalue weighted by Gasteiger charge is -2.39. The molecular weight excluding hydrogens is 170 g/mol. The predicted octanol–water partition coefficient (Wildman–Crippen LogP) is 3.79. The summed E-state index contributed by atoms with van der Waals surface area (Å²) in [6.07, 6.45) is 7.51. The summed E-state index contributed by atoms with van der Waals surface area (Å²) >= 11 is 0. The fourth-order valence-electron chi connectivity index (χ4n) is 2.78. The van der Waals surface area contributed by atoms with Crippen molar-refractivity contribution in [3.63, 3.8) is 0 Å². The second-order valence-electron chi connectivity index (χ2n) is 4.36. The van der Waals surface area contributed by atoms with Gasteiger partial charge in [0, 0.05) is 6.54 Å². The van der Waals surface area contributed by atoms with Gasteiger partial charge in [0.25, 0.3) is 0 Å². The van der Waals surface area contributed by atoms with Gasteiger partial charge in [-0.3, -0.25) is 0 Å². The van der Waals surface area contributed by atoms with Crippen molar-refractivity contribution in [3.05, 3.63) is 0 Å². The number of fused-ring (bicyclic) bond motifs is 1. The molecule has 2 fully saturated rings. The van der Waals surface area contributed by atoms with Gasteiger partial charge < -0.3 is 4.90 Å². The van der Waals surface area contributed by atoms with Gasteiger partial charge in [-0.05, 0) is 38.3 Å². The number of hydrogen-bond donors (Lipinski definition) is 0. The molecule has 1 saturated carbocycles. The largest absolute Gasteiger partial charge is 0.306 e. The highest BCUT2D eigenvalue weighted by molar-refractivity contribution is 4.81. The fourth-order valence-corrected chi connectivity index (χ4v) is 2.78. The smallest absolute Gasteiger partial charge is 0.000926 e. The summed E-state index contributed by atoms with van der Waals surface area (Å²) in [6, 6.07) is 0. The molecule has 1 aliphatic carbocycles. The molecule has 0 N–H and O–H groups in total. The average molecular weight is 199 g/mol. The van der Waals surface area contributed by atoms with Crippen molar-refractivity contribution in [1.29, 1.82) is 0 Å². The third kappa shape index (κ3) is 3.61. The minimum absolute atomic E-state index is 0. The molecule has 0 aromatic heterocycles. The van der Waals surface area contributed by atoms with Crippen molar-refractivity contribution < 1.29 is 0 Å². The normalized spacial score (nSPS) is 31.9. The van der Waals surface area contributed by atoms with Gasteiger partial charge in [-0.2, -0.15) is 0 Å². The SMILES string of the molecule is C.CC.CN1CCC2CCCCC2C1. The van der Waals surface area contributed by atoms with Crippen LogP contribution in [0.4, 0.5) is 0 Å². The molecule has 14 heavy (non-hydrogen) atoms. The Morgan fingerprint density at radius 1 is 0.929 bits per heavy atom. The Labute approximate surface area is 90.9 Å². The van der Waals surface area contributed by atoms with E-state index in [1.54, 1.807) is 0 Å². The summed E-state index contributed by atoms with van der Waals surface area (Å²) in [7, 11) is 2.27. The zero-order valence-corrected chi connectivity index (χ0v) is 9.55. The second kappa shape index (κ2) is 7.28. The highest BCUT2D eigenvalue weighted by atomic mass is 15.1. The maximum atomic E-state index is 2.51. The molecule has 0 spiro atoms. The molecule has 2 rings (SSSR count). The predicted molar refractivity (Wildman–Crippen MR) is 65.6 cm³/mol. The summed E-state index contributed by atoms with van der Waals surface area (Å²) in [4.78, 5) is 2.51. The molecule has 0 aromatic carbocycles.